The maximum Gasteiger partial charge on any atom is 0.490 e. The van der Waals surface area contributed by atoms with Gasteiger partial charge < -0.3 is 25.7 Å². The first-order valence-electron chi connectivity index (χ1n) is 9.14. The van der Waals surface area contributed by atoms with Gasteiger partial charge in [0.15, 0.2) is 0 Å². The second-order valence-corrected chi connectivity index (χ2v) is 6.56. The predicted octanol–water partition coefficient (Wildman–Crippen LogP) is -1.62. The van der Waals surface area contributed by atoms with Crippen LogP contribution in [0.25, 0.3) is 0 Å². The molecule has 0 spiro atoms. The van der Waals surface area contributed by atoms with Crippen molar-refractivity contribution in [3.05, 3.63) is 0 Å². The molecule has 31 heavy (non-hydrogen) atoms. The van der Waals surface area contributed by atoms with E-state index in [1.165, 1.54) is 0 Å². The summed E-state index contributed by atoms with van der Waals surface area (Å²) in [6.07, 6.45) is -5.08. The molecule has 12 nitrogen and oxygen atoms in total. The summed E-state index contributed by atoms with van der Waals surface area (Å²) in [4.78, 5) is 47.0. The summed E-state index contributed by atoms with van der Waals surface area (Å²) < 4.78 is 31.7. The summed E-state index contributed by atoms with van der Waals surface area (Å²) in [5.74, 6) is -5.55. The number of alkyl halides is 3. The monoisotopic (exact) mass is 460 g/mol. The molecule has 180 valence electrons. The average molecular weight is 460 g/mol. The maximum atomic E-state index is 11.0. The molecule has 0 atom stereocenters. The van der Waals surface area contributed by atoms with Crippen LogP contribution in [0.4, 0.5) is 13.2 Å². The smallest absolute Gasteiger partial charge is 0.480 e. The Kier molecular flexibility index (Phi) is 13.3. The molecular formula is C16H27F3N4O8. The zero-order valence-electron chi connectivity index (χ0n) is 16.7. The van der Waals surface area contributed by atoms with Crippen LogP contribution in [0.1, 0.15) is 0 Å². The largest absolute Gasteiger partial charge is 0.490 e. The highest BCUT2D eigenvalue weighted by atomic mass is 19.4. The van der Waals surface area contributed by atoms with Gasteiger partial charge in [-0.15, -0.1) is 0 Å². The number of nitrogens with one attached hydrogen (secondary N) is 1. The fourth-order valence-corrected chi connectivity index (χ4v) is 2.55. The van der Waals surface area contributed by atoms with E-state index in [9.17, 15) is 27.6 Å². The van der Waals surface area contributed by atoms with Gasteiger partial charge in [-0.25, -0.2) is 4.79 Å². The van der Waals surface area contributed by atoms with Gasteiger partial charge in [0.25, 0.3) is 0 Å². The van der Waals surface area contributed by atoms with E-state index in [-0.39, 0.29) is 19.6 Å². The van der Waals surface area contributed by atoms with Crippen LogP contribution in [0.5, 0.6) is 0 Å². The number of hydrogen-bond donors (Lipinski definition) is 5. The highest BCUT2D eigenvalue weighted by Crippen LogP contribution is 2.13. The molecule has 0 saturated carbocycles. The standard InChI is InChI=1S/C14H26N4O6.C2HF3O2/c19-12(20)9-16-3-1-15-2-4-17(10-13(21)22)6-8-18(7-5-16)11-14(23)24;3-2(4,5)1(6)7/h15H,1-11H2,(H,19,20)(H,21,22)(H,23,24);(H,6,7). The Morgan fingerprint density at radius 2 is 0.903 bits per heavy atom. The SMILES string of the molecule is O=C(O)C(F)(F)F.O=C(O)CN1CCNCCN(CC(=O)O)CCN(CC(=O)O)CC1. The lowest BCUT2D eigenvalue weighted by atomic mass is 10.3. The number of carboxylic acid groups (broad SMARTS) is 4. The number of hydrogen-bond acceptors (Lipinski definition) is 8. The molecule has 5 N–H and O–H groups in total. The molecule has 0 aromatic carbocycles. The minimum Gasteiger partial charge on any atom is -0.480 e. The molecule has 0 unspecified atom stereocenters. The molecule has 1 saturated heterocycles. The minimum atomic E-state index is -5.08. The molecule has 0 aromatic rings. The molecule has 0 aromatic heterocycles. The Bertz CT molecular complexity index is 576. The van der Waals surface area contributed by atoms with E-state index in [0.717, 1.165) is 0 Å². The first-order chi connectivity index (χ1) is 14.3. The third-order valence-corrected chi connectivity index (χ3v) is 3.99. The molecule has 1 rings (SSSR count). The van der Waals surface area contributed by atoms with Crippen LogP contribution >= 0.6 is 0 Å². The summed E-state index contributed by atoms with van der Waals surface area (Å²) in [5, 5.41) is 37.2. The van der Waals surface area contributed by atoms with Crippen LogP contribution in [0.2, 0.25) is 0 Å². The normalized spacial score (nSPS) is 18.0. The highest BCUT2D eigenvalue weighted by molar-refractivity contribution is 5.73. The van der Waals surface area contributed by atoms with Gasteiger partial charge in [-0.2, -0.15) is 13.2 Å². The van der Waals surface area contributed by atoms with Gasteiger partial charge >= 0.3 is 30.1 Å². The Morgan fingerprint density at radius 1 is 0.645 bits per heavy atom. The molecule has 1 aliphatic rings. The van der Waals surface area contributed by atoms with Gasteiger partial charge in [-0.05, 0) is 0 Å². The van der Waals surface area contributed by atoms with Crippen LogP contribution in [-0.4, -0.2) is 137 Å². The van der Waals surface area contributed by atoms with Crippen molar-refractivity contribution >= 4 is 23.9 Å². The summed E-state index contributed by atoms with van der Waals surface area (Å²) in [6.45, 7) is 3.64. The lowest BCUT2D eigenvalue weighted by molar-refractivity contribution is -0.192. The van der Waals surface area contributed by atoms with Gasteiger partial charge in [-0.1, -0.05) is 0 Å². The van der Waals surface area contributed by atoms with Gasteiger partial charge in [0.05, 0.1) is 19.6 Å². The number of aliphatic carboxylic acids is 4. The average Bonchev–Trinajstić information content (AvgIpc) is 2.60. The van der Waals surface area contributed by atoms with E-state index in [4.69, 9.17) is 25.2 Å². The van der Waals surface area contributed by atoms with Gasteiger partial charge in [-0.3, -0.25) is 29.1 Å². The fraction of sp³-hybridized carbons (Fsp3) is 0.750. The minimum absolute atomic E-state index is 0.0896. The molecular weight excluding hydrogens is 433 g/mol. The van der Waals surface area contributed by atoms with Crippen molar-refractivity contribution in [2.24, 2.45) is 0 Å². The lowest BCUT2D eigenvalue weighted by Gasteiger charge is -2.29. The van der Waals surface area contributed by atoms with Crippen LogP contribution in [0.15, 0.2) is 0 Å². The van der Waals surface area contributed by atoms with Gasteiger partial charge in [0.2, 0.25) is 0 Å². The van der Waals surface area contributed by atoms with Crippen LogP contribution in [0.3, 0.4) is 0 Å². The topological polar surface area (TPSA) is 171 Å². The highest BCUT2D eigenvalue weighted by Gasteiger charge is 2.38. The van der Waals surface area contributed by atoms with Crippen molar-refractivity contribution < 1.29 is 52.8 Å². The van der Waals surface area contributed by atoms with Crippen molar-refractivity contribution in [3.8, 4) is 0 Å². The van der Waals surface area contributed by atoms with E-state index in [0.29, 0.717) is 52.4 Å². The molecule has 15 heteroatoms. The molecule has 1 aliphatic heterocycles. The second-order valence-electron chi connectivity index (χ2n) is 6.56. The van der Waals surface area contributed by atoms with E-state index in [2.05, 4.69) is 5.32 Å². The van der Waals surface area contributed by atoms with Crippen LogP contribution in [0, 0.1) is 0 Å². The molecule has 0 aliphatic carbocycles. The van der Waals surface area contributed by atoms with E-state index < -0.39 is 30.1 Å². The maximum absolute atomic E-state index is 11.0. The zero-order valence-corrected chi connectivity index (χ0v) is 16.7. The Morgan fingerprint density at radius 3 is 1.13 bits per heavy atom. The van der Waals surface area contributed by atoms with Crippen molar-refractivity contribution in [2.75, 3.05) is 72.0 Å². The van der Waals surface area contributed by atoms with Crippen molar-refractivity contribution in [3.63, 3.8) is 0 Å². The first-order valence-corrected chi connectivity index (χ1v) is 9.14. The molecule has 0 bridgehead atoms. The summed E-state index contributed by atoms with van der Waals surface area (Å²) in [7, 11) is 0. The molecule has 1 heterocycles. The lowest BCUT2D eigenvalue weighted by Crippen LogP contribution is -2.47. The first kappa shape index (κ1) is 28.5. The third-order valence-electron chi connectivity index (χ3n) is 3.99. The number of nitrogens with zero attached hydrogens (tertiary/aromatic N) is 3. The second kappa shape index (κ2) is 14.5. The third kappa shape index (κ3) is 15.9. The number of halogens is 3. The van der Waals surface area contributed by atoms with E-state index in [1.54, 1.807) is 14.7 Å². The predicted molar refractivity (Wildman–Crippen MR) is 98.8 cm³/mol. The molecule has 0 radical (unpaired) electrons. The quantitative estimate of drug-likeness (QED) is 0.307. The number of rotatable bonds is 6. The van der Waals surface area contributed by atoms with Gasteiger partial charge in [0, 0.05) is 52.4 Å². The Hall–Kier alpha value is -2.49. The van der Waals surface area contributed by atoms with Gasteiger partial charge in [0.1, 0.15) is 0 Å². The zero-order chi connectivity index (χ0) is 24.0. The fourth-order valence-electron chi connectivity index (χ4n) is 2.55. The number of carbonyl (C=O) groups is 4. The van der Waals surface area contributed by atoms with Crippen molar-refractivity contribution in [2.45, 2.75) is 6.18 Å². The van der Waals surface area contributed by atoms with Crippen molar-refractivity contribution in [1.82, 2.24) is 20.0 Å². The summed E-state index contributed by atoms with van der Waals surface area (Å²) in [6, 6.07) is 0. The van der Waals surface area contributed by atoms with Crippen LogP contribution in [-0.2, 0) is 19.2 Å². The number of carboxylic acids is 4. The van der Waals surface area contributed by atoms with Crippen molar-refractivity contribution in [1.29, 1.82) is 0 Å². The van der Waals surface area contributed by atoms with E-state index in [1.807, 2.05) is 0 Å². The van der Waals surface area contributed by atoms with Crippen LogP contribution < -0.4 is 5.32 Å². The Labute approximate surface area is 175 Å². The summed E-state index contributed by atoms with van der Waals surface area (Å²) >= 11 is 0. The van der Waals surface area contributed by atoms with E-state index >= 15 is 0 Å². The molecule has 0 amide bonds. The summed E-state index contributed by atoms with van der Waals surface area (Å²) in [5.41, 5.74) is 0. The Balaban J connectivity index is 0.00000110. The molecule has 1 fully saturated rings.